The van der Waals surface area contributed by atoms with Crippen molar-refractivity contribution in [1.29, 1.82) is 0 Å². The molecule has 118 valence electrons. The largest absolute Gasteiger partial charge is 0.393 e. The monoisotopic (exact) mass is 304 g/mol. The summed E-state index contributed by atoms with van der Waals surface area (Å²) >= 11 is 0. The third kappa shape index (κ3) is 4.14. The molecule has 0 aromatic heterocycles. The summed E-state index contributed by atoms with van der Waals surface area (Å²) in [6, 6.07) is 6.16. The summed E-state index contributed by atoms with van der Waals surface area (Å²) in [5.74, 6) is 0.153. The molecule has 6 nitrogen and oxygen atoms in total. The molecular weight excluding hydrogens is 284 g/mol. The van der Waals surface area contributed by atoms with E-state index < -0.39 is 4.92 Å². The quantitative estimate of drug-likeness (QED) is 0.525. The predicted molar refractivity (Wildman–Crippen MR) is 83.1 cm³/mol. The van der Waals surface area contributed by atoms with Gasteiger partial charge < -0.3 is 10.0 Å². The molecule has 22 heavy (non-hydrogen) atoms. The number of rotatable bonds is 4. The fourth-order valence-corrected chi connectivity index (χ4v) is 2.62. The van der Waals surface area contributed by atoms with E-state index in [1.54, 1.807) is 30.0 Å². The number of carbonyl (C=O) groups is 1. The van der Waals surface area contributed by atoms with E-state index in [1.165, 1.54) is 18.2 Å². The normalized spacial score (nSPS) is 17.6. The van der Waals surface area contributed by atoms with Crippen LogP contribution in [0.2, 0.25) is 0 Å². The molecule has 0 spiro atoms. The molecule has 0 saturated carbocycles. The summed E-state index contributed by atoms with van der Waals surface area (Å²) in [4.78, 5) is 24.1. The first-order valence-corrected chi connectivity index (χ1v) is 7.37. The highest BCUT2D eigenvalue weighted by Gasteiger charge is 2.24. The van der Waals surface area contributed by atoms with E-state index in [0.29, 0.717) is 18.7 Å². The first-order valence-electron chi connectivity index (χ1n) is 7.37. The molecule has 0 aliphatic carbocycles. The van der Waals surface area contributed by atoms with Crippen molar-refractivity contribution < 1.29 is 14.8 Å². The third-order valence-electron chi connectivity index (χ3n) is 4.03. The van der Waals surface area contributed by atoms with Crippen LogP contribution in [0.25, 0.3) is 6.08 Å². The first-order chi connectivity index (χ1) is 10.5. The van der Waals surface area contributed by atoms with E-state index in [4.69, 9.17) is 0 Å². The molecule has 1 aliphatic heterocycles. The molecule has 1 aromatic carbocycles. The summed E-state index contributed by atoms with van der Waals surface area (Å²) in [5.41, 5.74) is 0.633. The second-order valence-corrected chi connectivity index (χ2v) is 5.59. The summed E-state index contributed by atoms with van der Waals surface area (Å²) in [7, 11) is 0. The zero-order valence-electron chi connectivity index (χ0n) is 12.5. The molecule has 1 N–H and O–H groups in total. The van der Waals surface area contributed by atoms with Crippen LogP contribution in [0.1, 0.15) is 25.3 Å². The van der Waals surface area contributed by atoms with Crippen molar-refractivity contribution in [1.82, 2.24) is 4.90 Å². The van der Waals surface area contributed by atoms with Crippen LogP contribution in [0.15, 0.2) is 30.3 Å². The van der Waals surface area contributed by atoms with Crippen molar-refractivity contribution >= 4 is 17.7 Å². The molecule has 1 atom stereocenters. The molecule has 1 fully saturated rings. The molecular formula is C16H20N2O4. The Kier molecular flexibility index (Phi) is 5.27. The van der Waals surface area contributed by atoms with Crippen LogP contribution in [0.3, 0.4) is 0 Å². The number of likely N-dealkylation sites (tertiary alicyclic amines) is 1. The van der Waals surface area contributed by atoms with Gasteiger partial charge in [0.05, 0.1) is 11.0 Å². The second kappa shape index (κ2) is 7.17. The van der Waals surface area contributed by atoms with Crippen molar-refractivity contribution in [2.75, 3.05) is 13.1 Å². The van der Waals surface area contributed by atoms with Gasteiger partial charge in [-0.3, -0.25) is 14.9 Å². The average Bonchev–Trinajstić information content (AvgIpc) is 2.53. The molecule has 1 heterocycles. The number of hydrogen-bond donors (Lipinski definition) is 1. The maximum Gasteiger partial charge on any atom is 0.270 e. The minimum absolute atomic E-state index is 0.00680. The Morgan fingerprint density at radius 3 is 2.73 bits per heavy atom. The molecule has 1 saturated heterocycles. The van der Waals surface area contributed by atoms with Gasteiger partial charge in [0, 0.05) is 31.3 Å². The number of non-ortho nitro benzene ring substituents is 1. The maximum absolute atomic E-state index is 12.1. The van der Waals surface area contributed by atoms with Gasteiger partial charge in [-0.15, -0.1) is 0 Å². The van der Waals surface area contributed by atoms with Crippen LogP contribution in [0, 0.1) is 16.0 Å². The number of nitrogens with zero attached hydrogens (tertiary/aromatic N) is 2. The van der Waals surface area contributed by atoms with Gasteiger partial charge in [0.1, 0.15) is 0 Å². The van der Waals surface area contributed by atoms with Crippen molar-refractivity contribution in [3.63, 3.8) is 0 Å². The Morgan fingerprint density at radius 1 is 1.45 bits per heavy atom. The van der Waals surface area contributed by atoms with Crippen molar-refractivity contribution in [3.05, 3.63) is 46.0 Å². The SMILES string of the molecule is CC(O)C1CCN(C(=O)C=Cc2cccc([N+](=O)[O-])c2)CC1. The zero-order valence-corrected chi connectivity index (χ0v) is 12.5. The van der Waals surface area contributed by atoms with Crippen LogP contribution in [0.4, 0.5) is 5.69 Å². The van der Waals surface area contributed by atoms with Gasteiger partial charge in [-0.2, -0.15) is 0 Å². The molecule has 1 aliphatic rings. The summed E-state index contributed by atoms with van der Waals surface area (Å²) in [6.45, 7) is 3.05. The number of nitro groups is 1. The number of carbonyl (C=O) groups excluding carboxylic acids is 1. The summed E-state index contributed by atoms with van der Waals surface area (Å²) in [6.07, 6.45) is 4.30. The van der Waals surface area contributed by atoms with Gasteiger partial charge in [0.15, 0.2) is 0 Å². The molecule has 2 rings (SSSR count). The number of nitro benzene ring substituents is 1. The van der Waals surface area contributed by atoms with Gasteiger partial charge in [0.25, 0.3) is 5.69 Å². The van der Waals surface area contributed by atoms with Gasteiger partial charge in [0.2, 0.25) is 5.91 Å². The van der Waals surface area contributed by atoms with Gasteiger partial charge in [-0.05, 0) is 37.3 Å². The smallest absolute Gasteiger partial charge is 0.270 e. The van der Waals surface area contributed by atoms with E-state index in [9.17, 15) is 20.0 Å². The fourth-order valence-electron chi connectivity index (χ4n) is 2.62. The van der Waals surface area contributed by atoms with Crippen molar-refractivity contribution in [2.24, 2.45) is 5.92 Å². The number of hydrogen-bond acceptors (Lipinski definition) is 4. The highest BCUT2D eigenvalue weighted by molar-refractivity contribution is 5.91. The van der Waals surface area contributed by atoms with Crippen molar-refractivity contribution in [2.45, 2.75) is 25.9 Å². The maximum atomic E-state index is 12.1. The topological polar surface area (TPSA) is 83.7 Å². The van der Waals surface area contributed by atoms with Crippen LogP contribution in [-0.2, 0) is 4.79 Å². The van der Waals surface area contributed by atoms with Crippen LogP contribution < -0.4 is 0 Å². The van der Waals surface area contributed by atoms with E-state index in [-0.39, 0.29) is 23.6 Å². The Labute approximate surface area is 129 Å². The van der Waals surface area contributed by atoms with Crippen LogP contribution >= 0.6 is 0 Å². The van der Waals surface area contributed by atoms with E-state index in [2.05, 4.69) is 0 Å². The molecule has 0 bridgehead atoms. The lowest BCUT2D eigenvalue weighted by Gasteiger charge is -2.32. The highest BCUT2D eigenvalue weighted by Crippen LogP contribution is 2.21. The second-order valence-electron chi connectivity index (χ2n) is 5.59. The lowest BCUT2D eigenvalue weighted by atomic mass is 9.92. The molecule has 0 radical (unpaired) electrons. The average molecular weight is 304 g/mol. The number of benzene rings is 1. The molecule has 6 heteroatoms. The van der Waals surface area contributed by atoms with Gasteiger partial charge >= 0.3 is 0 Å². The van der Waals surface area contributed by atoms with E-state index in [0.717, 1.165) is 12.8 Å². The van der Waals surface area contributed by atoms with Crippen LogP contribution in [-0.4, -0.2) is 40.0 Å². The molecule has 1 aromatic rings. The summed E-state index contributed by atoms with van der Waals surface area (Å²) < 4.78 is 0. The Hall–Kier alpha value is -2.21. The van der Waals surface area contributed by atoms with Crippen molar-refractivity contribution in [3.8, 4) is 0 Å². The standard InChI is InChI=1S/C16H20N2O4/c1-12(19)14-7-9-17(10-8-14)16(20)6-5-13-3-2-4-15(11-13)18(21)22/h2-6,11-12,14,19H,7-10H2,1H3. The highest BCUT2D eigenvalue weighted by atomic mass is 16.6. The zero-order chi connectivity index (χ0) is 16.1. The minimum Gasteiger partial charge on any atom is -0.393 e. The Balaban J connectivity index is 1.95. The Bertz CT molecular complexity index is 575. The van der Waals surface area contributed by atoms with Gasteiger partial charge in [-0.1, -0.05) is 12.1 Å². The number of piperidine rings is 1. The third-order valence-corrected chi connectivity index (χ3v) is 4.03. The molecule has 1 amide bonds. The predicted octanol–water partition coefficient (Wildman–Crippen LogP) is 2.23. The fraction of sp³-hybridized carbons (Fsp3) is 0.438. The lowest BCUT2D eigenvalue weighted by Crippen LogP contribution is -2.39. The Morgan fingerprint density at radius 2 is 2.14 bits per heavy atom. The number of amides is 1. The minimum atomic E-state index is -0.458. The molecule has 1 unspecified atom stereocenters. The summed E-state index contributed by atoms with van der Waals surface area (Å²) in [5, 5.41) is 20.3. The van der Waals surface area contributed by atoms with E-state index >= 15 is 0 Å². The first kappa shape index (κ1) is 16.2. The lowest BCUT2D eigenvalue weighted by molar-refractivity contribution is -0.384. The van der Waals surface area contributed by atoms with Gasteiger partial charge in [-0.25, -0.2) is 0 Å². The number of aliphatic hydroxyl groups is 1. The number of aliphatic hydroxyl groups excluding tert-OH is 1. The van der Waals surface area contributed by atoms with Crippen LogP contribution in [0.5, 0.6) is 0 Å². The van der Waals surface area contributed by atoms with E-state index in [1.807, 2.05) is 0 Å².